The lowest BCUT2D eigenvalue weighted by Crippen LogP contribution is -2.46. The first-order valence-corrected chi connectivity index (χ1v) is 9.50. The van der Waals surface area contributed by atoms with Gasteiger partial charge in [-0.1, -0.05) is 44.0 Å². The third-order valence-corrected chi connectivity index (χ3v) is 6.53. The zero-order valence-electron chi connectivity index (χ0n) is 13.0. The Morgan fingerprint density at radius 3 is 2.71 bits per heavy atom. The van der Waals surface area contributed by atoms with Crippen LogP contribution >= 0.6 is 35.0 Å². The van der Waals surface area contributed by atoms with E-state index in [1.165, 1.54) is 19.3 Å². The summed E-state index contributed by atoms with van der Waals surface area (Å²) in [5.74, 6) is 1.48. The van der Waals surface area contributed by atoms with Gasteiger partial charge < -0.3 is 5.32 Å². The van der Waals surface area contributed by atoms with Crippen molar-refractivity contribution in [2.75, 3.05) is 6.54 Å². The largest absolute Gasteiger partial charge is 0.313 e. The molecule has 0 bridgehead atoms. The third-order valence-electron chi connectivity index (χ3n) is 4.20. The number of rotatable bonds is 5. The molecule has 4 heteroatoms. The monoisotopic (exact) mass is 345 g/mol. The molecule has 0 radical (unpaired) electrons. The summed E-state index contributed by atoms with van der Waals surface area (Å²) >= 11 is 14.4. The summed E-state index contributed by atoms with van der Waals surface area (Å²) in [6, 6.07) is 6.31. The smallest absolute Gasteiger partial charge is 0.0543 e. The Bertz CT molecular complexity index is 466. The maximum atomic E-state index is 6.34. The molecule has 1 aromatic carbocycles. The molecule has 0 aromatic heterocycles. The Morgan fingerprint density at radius 1 is 1.24 bits per heavy atom. The summed E-state index contributed by atoms with van der Waals surface area (Å²) in [4.78, 5) is 1.11. The van der Waals surface area contributed by atoms with Crippen LogP contribution in [0.2, 0.25) is 10.0 Å². The van der Waals surface area contributed by atoms with Gasteiger partial charge in [-0.3, -0.25) is 0 Å². The highest BCUT2D eigenvalue weighted by atomic mass is 35.5. The molecule has 0 heterocycles. The van der Waals surface area contributed by atoms with Crippen LogP contribution in [0.4, 0.5) is 0 Å². The molecule has 0 aliphatic heterocycles. The van der Waals surface area contributed by atoms with Crippen molar-refractivity contribution in [3.63, 3.8) is 0 Å². The Balaban J connectivity index is 2.14. The van der Waals surface area contributed by atoms with Crippen LogP contribution in [0.5, 0.6) is 0 Å². The minimum atomic E-state index is 0.559. The highest BCUT2D eigenvalue weighted by molar-refractivity contribution is 8.00. The van der Waals surface area contributed by atoms with E-state index >= 15 is 0 Å². The maximum absolute atomic E-state index is 6.34. The second kappa shape index (κ2) is 8.10. The minimum absolute atomic E-state index is 0.559. The van der Waals surface area contributed by atoms with Crippen LogP contribution < -0.4 is 5.32 Å². The van der Waals surface area contributed by atoms with Crippen molar-refractivity contribution < 1.29 is 0 Å². The number of halogens is 2. The predicted molar refractivity (Wildman–Crippen MR) is 95.8 cm³/mol. The molecule has 118 valence electrons. The molecule has 0 saturated heterocycles. The van der Waals surface area contributed by atoms with Crippen LogP contribution in [0.15, 0.2) is 23.1 Å². The summed E-state index contributed by atoms with van der Waals surface area (Å²) in [6.45, 7) is 8.04. The topological polar surface area (TPSA) is 12.0 Å². The van der Waals surface area contributed by atoms with Gasteiger partial charge in [-0.25, -0.2) is 0 Å². The van der Waals surface area contributed by atoms with E-state index in [9.17, 15) is 0 Å². The van der Waals surface area contributed by atoms with Gasteiger partial charge in [-0.15, -0.1) is 11.8 Å². The van der Waals surface area contributed by atoms with Gasteiger partial charge in [0.05, 0.1) is 5.02 Å². The molecular weight excluding hydrogens is 321 g/mol. The van der Waals surface area contributed by atoms with E-state index in [1.54, 1.807) is 0 Å². The van der Waals surface area contributed by atoms with E-state index in [1.807, 2.05) is 30.0 Å². The van der Waals surface area contributed by atoms with Gasteiger partial charge in [0.2, 0.25) is 0 Å². The molecule has 1 nitrogen and oxygen atoms in total. The van der Waals surface area contributed by atoms with Crippen molar-refractivity contribution in [2.45, 2.75) is 56.2 Å². The van der Waals surface area contributed by atoms with Crippen molar-refractivity contribution in [1.82, 2.24) is 5.32 Å². The normalized spacial score (nSPS) is 29.6. The Hall–Kier alpha value is 0.110. The zero-order valence-corrected chi connectivity index (χ0v) is 15.4. The molecule has 4 atom stereocenters. The van der Waals surface area contributed by atoms with Gasteiger partial charge in [0.15, 0.2) is 0 Å². The van der Waals surface area contributed by atoms with Crippen molar-refractivity contribution in [2.24, 2.45) is 11.8 Å². The first-order chi connectivity index (χ1) is 10.0. The van der Waals surface area contributed by atoms with Crippen LogP contribution in [-0.4, -0.2) is 17.8 Å². The molecule has 0 spiro atoms. The van der Waals surface area contributed by atoms with Gasteiger partial charge in [0.1, 0.15) is 0 Å². The van der Waals surface area contributed by atoms with Gasteiger partial charge in [-0.05, 0) is 55.8 Å². The molecule has 2 rings (SSSR count). The van der Waals surface area contributed by atoms with Crippen LogP contribution in [0, 0.1) is 11.8 Å². The highest BCUT2D eigenvalue weighted by Gasteiger charge is 2.34. The number of hydrogen-bond acceptors (Lipinski definition) is 2. The fraction of sp³-hybridized carbons (Fsp3) is 0.647. The molecule has 4 unspecified atom stereocenters. The van der Waals surface area contributed by atoms with Crippen LogP contribution in [-0.2, 0) is 0 Å². The number of thioether (sulfide) groups is 1. The lowest BCUT2D eigenvalue weighted by molar-refractivity contribution is 0.249. The van der Waals surface area contributed by atoms with Crippen molar-refractivity contribution in [1.29, 1.82) is 0 Å². The number of hydrogen-bond donors (Lipinski definition) is 1. The van der Waals surface area contributed by atoms with E-state index in [2.05, 4.69) is 26.1 Å². The second-order valence-corrected chi connectivity index (χ2v) is 8.34. The van der Waals surface area contributed by atoms with Crippen molar-refractivity contribution in [3.05, 3.63) is 28.2 Å². The van der Waals surface area contributed by atoms with Crippen molar-refractivity contribution >= 4 is 35.0 Å². The molecular formula is C17H25Cl2NS. The molecule has 0 amide bonds. The van der Waals surface area contributed by atoms with Gasteiger partial charge in [-0.2, -0.15) is 0 Å². The average Bonchev–Trinajstić information content (AvgIpc) is 2.43. The van der Waals surface area contributed by atoms with E-state index in [4.69, 9.17) is 23.2 Å². The second-order valence-electron chi connectivity index (χ2n) is 6.27. The average molecular weight is 346 g/mol. The number of nitrogens with one attached hydrogen (secondary N) is 1. The summed E-state index contributed by atoms with van der Waals surface area (Å²) in [5.41, 5.74) is 0. The fourth-order valence-electron chi connectivity index (χ4n) is 3.27. The van der Waals surface area contributed by atoms with Crippen LogP contribution in [0.25, 0.3) is 0 Å². The van der Waals surface area contributed by atoms with E-state index in [0.29, 0.717) is 17.2 Å². The Morgan fingerprint density at radius 2 is 2.00 bits per heavy atom. The van der Waals surface area contributed by atoms with Crippen LogP contribution in [0.3, 0.4) is 0 Å². The summed E-state index contributed by atoms with van der Waals surface area (Å²) in [5, 5.41) is 5.87. The number of benzene rings is 1. The minimum Gasteiger partial charge on any atom is -0.313 e. The van der Waals surface area contributed by atoms with Gasteiger partial charge in [0, 0.05) is 21.2 Å². The molecule has 21 heavy (non-hydrogen) atoms. The first kappa shape index (κ1) is 17.5. The summed E-state index contributed by atoms with van der Waals surface area (Å²) in [6.07, 6.45) is 3.72. The molecule has 1 aliphatic rings. The summed E-state index contributed by atoms with van der Waals surface area (Å²) in [7, 11) is 0. The van der Waals surface area contributed by atoms with E-state index in [-0.39, 0.29) is 0 Å². The third kappa shape index (κ3) is 4.79. The standard InChI is InChI=1S/C17H25Cl2NS/c1-4-7-20-15-9-11(2)8-12(3)17(15)21-16-10-13(18)5-6-14(16)19/h5-6,10-12,15,17,20H,4,7-9H2,1-3H3. The van der Waals surface area contributed by atoms with E-state index < -0.39 is 0 Å². The highest BCUT2D eigenvalue weighted by Crippen LogP contribution is 2.42. The SMILES string of the molecule is CCCNC1CC(C)CC(C)C1Sc1cc(Cl)ccc1Cl. The Labute approximate surface area is 143 Å². The lowest BCUT2D eigenvalue weighted by Gasteiger charge is -2.40. The van der Waals surface area contributed by atoms with Gasteiger partial charge >= 0.3 is 0 Å². The first-order valence-electron chi connectivity index (χ1n) is 7.86. The molecule has 1 fully saturated rings. The summed E-state index contributed by atoms with van der Waals surface area (Å²) < 4.78 is 0. The van der Waals surface area contributed by atoms with Gasteiger partial charge in [0.25, 0.3) is 0 Å². The van der Waals surface area contributed by atoms with Crippen LogP contribution in [0.1, 0.15) is 40.0 Å². The molecule has 1 saturated carbocycles. The zero-order chi connectivity index (χ0) is 15.4. The Kier molecular flexibility index (Phi) is 6.74. The fourth-order valence-corrected chi connectivity index (χ4v) is 5.14. The molecule has 1 aromatic rings. The molecule has 1 aliphatic carbocycles. The maximum Gasteiger partial charge on any atom is 0.0543 e. The lowest BCUT2D eigenvalue weighted by atomic mass is 9.80. The van der Waals surface area contributed by atoms with Crippen molar-refractivity contribution in [3.8, 4) is 0 Å². The quantitative estimate of drug-likeness (QED) is 0.713. The predicted octanol–water partition coefficient (Wildman–Crippen LogP) is 5.89. The van der Waals surface area contributed by atoms with E-state index in [0.717, 1.165) is 27.4 Å². The molecule has 1 N–H and O–H groups in total.